The fourth-order valence-electron chi connectivity index (χ4n) is 2.48. The molecule has 2 heterocycles. The van der Waals surface area contributed by atoms with Gasteiger partial charge in [0.15, 0.2) is 0 Å². The maximum Gasteiger partial charge on any atom is 0.494 e. The first-order valence-electron chi connectivity index (χ1n) is 7.37. The van der Waals surface area contributed by atoms with Crippen LogP contribution in [0.1, 0.15) is 33.5 Å². The smallest absolute Gasteiger partial charge is 0.399 e. The third kappa shape index (κ3) is 2.36. The second-order valence-corrected chi connectivity index (χ2v) is 6.64. The van der Waals surface area contributed by atoms with Crippen molar-refractivity contribution in [3.05, 3.63) is 42.2 Å². The number of nitrogens with zero attached hydrogens (tertiary/aromatic N) is 2. The number of halogens is 1. The van der Waals surface area contributed by atoms with Crippen LogP contribution in [-0.4, -0.2) is 27.9 Å². The highest BCUT2D eigenvalue weighted by molar-refractivity contribution is 6.62. The molecule has 0 spiro atoms. The molecule has 0 aliphatic carbocycles. The van der Waals surface area contributed by atoms with Crippen LogP contribution in [0.5, 0.6) is 0 Å². The van der Waals surface area contributed by atoms with Gasteiger partial charge in [-0.2, -0.15) is 0 Å². The molecule has 0 saturated carbocycles. The van der Waals surface area contributed by atoms with Crippen LogP contribution in [0.3, 0.4) is 0 Å². The molecule has 2 aromatic rings. The summed E-state index contributed by atoms with van der Waals surface area (Å²) in [5.74, 6) is 0.413. The fourth-order valence-corrected chi connectivity index (χ4v) is 2.48. The molecule has 1 aromatic heterocycles. The lowest BCUT2D eigenvalue weighted by Gasteiger charge is -2.32. The van der Waals surface area contributed by atoms with E-state index in [2.05, 4.69) is 4.98 Å². The summed E-state index contributed by atoms with van der Waals surface area (Å²) in [7, 11) is -0.558. The number of aromatic nitrogens is 2. The highest BCUT2D eigenvalue weighted by atomic mass is 19.1. The third-order valence-corrected chi connectivity index (χ3v) is 4.58. The Morgan fingerprint density at radius 2 is 1.77 bits per heavy atom. The normalized spacial score (nSPS) is 19.6. The van der Waals surface area contributed by atoms with Gasteiger partial charge in [0, 0.05) is 12.4 Å². The molecule has 116 valence electrons. The summed E-state index contributed by atoms with van der Waals surface area (Å²) < 4.78 is 28.1. The van der Waals surface area contributed by atoms with Crippen molar-refractivity contribution in [3.8, 4) is 5.69 Å². The first kappa shape index (κ1) is 15.2. The standard InChI is InChI=1S/C16H20BFN2O2/c1-11-19-8-9-20(11)14-7-6-12(10-13(14)18)17-21-15(2,3)16(4,5)22-17/h6-10H,1-5H3. The lowest BCUT2D eigenvalue weighted by atomic mass is 9.79. The number of hydrogen-bond acceptors (Lipinski definition) is 3. The van der Waals surface area contributed by atoms with Gasteiger partial charge in [0.05, 0.1) is 16.9 Å². The minimum Gasteiger partial charge on any atom is -0.399 e. The average molecular weight is 302 g/mol. The Kier molecular flexibility index (Phi) is 3.42. The summed E-state index contributed by atoms with van der Waals surface area (Å²) in [4.78, 5) is 4.12. The van der Waals surface area contributed by atoms with E-state index < -0.39 is 18.3 Å². The summed E-state index contributed by atoms with van der Waals surface area (Å²) in [6, 6.07) is 5.03. The Morgan fingerprint density at radius 1 is 1.14 bits per heavy atom. The molecular weight excluding hydrogens is 282 g/mol. The molecule has 1 aliphatic heterocycles. The van der Waals surface area contributed by atoms with Gasteiger partial charge >= 0.3 is 7.12 Å². The summed E-state index contributed by atoms with van der Waals surface area (Å²) in [6.07, 6.45) is 3.39. The lowest BCUT2D eigenvalue weighted by Crippen LogP contribution is -2.41. The van der Waals surface area contributed by atoms with Crippen molar-refractivity contribution in [1.82, 2.24) is 9.55 Å². The molecule has 6 heteroatoms. The molecule has 0 amide bonds. The molecule has 4 nitrogen and oxygen atoms in total. The number of hydrogen-bond donors (Lipinski definition) is 0. The fraction of sp³-hybridized carbons (Fsp3) is 0.438. The molecular formula is C16H20BFN2O2. The van der Waals surface area contributed by atoms with Crippen LogP contribution < -0.4 is 5.46 Å². The van der Waals surface area contributed by atoms with Crippen molar-refractivity contribution >= 4 is 12.6 Å². The molecule has 1 aromatic carbocycles. The Morgan fingerprint density at radius 3 is 2.27 bits per heavy atom. The zero-order valence-corrected chi connectivity index (χ0v) is 13.6. The molecule has 1 saturated heterocycles. The quantitative estimate of drug-likeness (QED) is 0.800. The van der Waals surface area contributed by atoms with E-state index in [0.29, 0.717) is 11.2 Å². The zero-order valence-electron chi connectivity index (χ0n) is 13.6. The third-order valence-electron chi connectivity index (χ3n) is 4.58. The molecule has 3 rings (SSSR count). The molecule has 1 fully saturated rings. The monoisotopic (exact) mass is 302 g/mol. The molecule has 22 heavy (non-hydrogen) atoms. The van der Waals surface area contributed by atoms with E-state index in [0.717, 1.165) is 5.82 Å². The van der Waals surface area contributed by atoms with Crippen LogP contribution in [0.2, 0.25) is 0 Å². The Hall–Kier alpha value is -1.66. The molecule has 1 aliphatic rings. The molecule has 0 unspecified atom stereocenters. The van der Waals surface area contributed by atoms with E-state index in [1.165, 1.54) is 6.07 Å². The highest BCUT2D eigenvalue weighted by Gasteiger charge is 2.51. The summed E-state index contributed by atoms with van der Waals surface area (Å²) >= 11 is 0. The molecule has 0 radical (unpaired) electrons. The SMILES string of the molecule is Cc1nccn1-c1ccc(B2OC(C)(C)C(C)(C)O2)cc1F. The number of aryl methyl sites for hydroxylation is 1. The Balaban J connectivity index is 1.92. The van der Waals surface area contributed by atoms with Crippen LogP contribution in [0.4, 0.5) is 4.39 Å². The maximum absolute atomic E-state index is 14.5. The number of rotatable bonds is 2. The minimum absolute atomic E-state index is 0.326. The minimum atomic E-state index is -0.558. The van der Waals surface area contributed by atoms with Gasteiger partial charge in [-0.1, -0.05) is 6.07 Å². The van der Waals surface area contributed by atoms with E-state index in [9.17, 15) is 4.39 Å². The number of benzene rings is 1. The summed E-state index contributed by atoms with van der Waals surface area (Å²) in [5, 5.41) is 0. The van der Waals surface area contributed by atoms with Gasteiger partial charge < -0.3 is 13.9 Å². The van der Waals surface area contributed by atoms with E-state index in [-0.39, 0.29) is 5.82 Å². The second-order valence-electron chi connectivity index (χ2n) is 6.64. The van der Waals surface area contributed by atoms with E-state index in [1.807, 2.05) is 40.7 Å². The van der Waals surface area contributed by atoms with Gasteiger partial charge in [-0.25, -0.2) is 9.37 Å². The highest BCUT2D eigenvalue weighted by Crippen LogP contribution is 2.36. The second kappa shape index (κ2) is 4.93. The lowest BCUT2D eigenvalue weighted by molar-refractivity contribution is 0.00578. The first-order valence-corrected chi connectivity index (χ1v) is 7.37. The maximum atomic E-state index is 14.5. The van der Waals surface area contributed by atoms with Gasteiger partial charge in [0.25, 0.3) is 0 Å². The average Bonchev–Trinajstić information content (AvgIpc) is 2.91. The number of imidazole rings is 1. The van der Waals surface area contributed by atoms with Crippen LogP contribution in [0.15, 0.2) is 30.6 Å². The largest absolute Gasteiger partial charge is 0.494 e. The van der Waals surface area contributed by atoms with Crippen molar-refractivity contribution in [1.29, 1.82) is 0 Å². The van der Waals surface area contributed by atoms with Gasteiger partial charge in [0.2, 0.25) is 0 Å². The Bertz CT molecular complexity index is 696. The van der Waals surface area contributed by atoms with Crippen molar-refractivity contribution in [2.45, 2.75) is 45.8 Å². The molecule has 0 bridgehead atoms. The van der Waals surface area contributed by atoms with Crippen molar-refractivity contribution in [3.63, 3.8) is 0 Å². The predicted molar refractivity (Wildman–Crippen MR) is 84.0 cm³/mol. The van der Waals surface area contributed by atoms with Gasteiger partial charge in [0.1, 0.15) is 11.6 Å². The van der Waals surface area contributed by atoms with Gasteiger partial charge in [-0.05, 0) is 52.2 Å². The van der Waals surface area contributed by atoms with Crippen molar-refractivity contribution < 1.29 is 13.7 Å². The zero-order chi connectivity index (χ0) is 16.1. The summed E-state index contributed by atoms with van der Waals surface area (Å²) in [6.45, 7) is 9.75. The first-order chi connectivity index (χ1) is 10.2. The van der Waals surface area contributed by atoms with E-state index in [4.69, 9.17) is 9.31 Å². The molecule has 0 atom stereocenters. The summed E-state index contributed by atoms with van der Waals surface area (Å²) in [5.41, 5.74) is 0.273. The van der Waals surface area contributed by atoms with E-state index in [1.54, 1.807) is 23.0 Å². The van der Waals surface area contributed by atoms with Crippen LogP contribution >= 0.6 is 0 Å². The van der Waals surface area contributed by atoms with Crippen molar-refractivity contribution in [2.24, 2.45) is 0 Å². The molecule has 0 N–H and O–H groups in total. The van der Waals surface area contributed by atoms with Crippen LogP contribution in [0, 0.1) is 12.7 Å². The van der Waals surface area contributed by atoms with E-state index >= 15 is 0 Å². The van der Waals surface area contributed by atoms with Crippen LogP contribution in [-0.2, 0) is 9.31 Å². The van der Waals surface area contributed by atoms with Gasteiger partial charge in [-0.15, -0.1) is 0 Å². The topological polar surface area (TPSA) is 36.3 Å². The van der Waals surface area contributed by atoms with Gasteiger partial charge in [-0.3, -0.25) is 0 Å². The predicted octanol–water partition coefficient (Wildman–Crippen LogP) is 2.62. The van der Waals surface area contributed by atoms with Crippen LogP contribution in [0.25, 0.3) is 5.69 Å². The Labute approximate surface area is 130 Å². The van der Waals surface area contributed by atoms with Crippen molar-refractivity contribution in [2.75, 3.05) is 0 Å².